The van der Waals surface area contributed by atoms with Gasteiger partial charge in [-0.05, 0) is 43.4 Å². The number of anilines is 1. The molecule has 1 amide bonds. The Hall–Kier alpha value is -2.89. The lowest BCUT2D eigenvalue weighted by atomic mass is 9.97. The fraction of sp³-hybridized carbons (Fsp3) is 0.435. The number of carbonyl (C=O) groups is 1. The fourth-order valence-corrected chi connectivity index (χ4v) is 4.52. The van der Waals surface area contributed by atoms with Crippen LogP contribution in [0.15, 0.2) is 48.7 Å². The van der Waals surface area contributed by atoms with Gasteiger partial charge in [-0.3, -0.25) is 4.79 Å². The number of piperidine rings is 1. The summed E-state index contributed by atoms with van der Waals surface area (Å²) in [7, 11) is 0. The predicted octanol–water partition coefficient (Wildman–Crippen LogP) is 3.28. The van der Waals surface area contributed by atoms with Crippen LogP contribution in [0.5, 0.6) is 0 Å². The fourth-order valence-electron chi connectivity index (χ4n) is 4.52. The first-order valence-electron chi connectivity index (χ1n) is 10.7. The van der Waals surface area contributed by atoms with Crippen molar-refractivity contribution in [3.05, 3.63) is 60.0 Å². The van der Waals surface area contributed by atoms with Crippen LogP contribution in [0.4, 0.5) is 5.69 Å². The van der Waals surface area contributed by atoms with Gasteiger partial charge in [0, 0.05) is 32.1 Å². The molecule has 0 bridgehead atoms. The Labute approximate surface area is 171 Å². The summed E-state index contributed by atoms with van der Waals surface area (Å²) < 4.78 is 1.91. The van der Waals surface area contributed by atoms with E-state index in [-0.39, 0.29) is 11.8 Å². The van der Waals surface area contributed by atoms with Crippen molar-refractivity contribution in [3.8, 4) is 0 Å². The lowest BCUT2D eigenvalue weighted by molar-refractivity contribution is -0.131. The number of benzene rings is 1. The molecule has 6 heteroatoms. The highest BCUT2D eigenvalue weighted by Gasteiger charge is 2.27. The number of rotatable bonds is 4. The van der Waals surface area contributed by atoms with Gasteiger partial charge in [0.1, 0.15) is 0 Å². The number of hydrogen-bond acceptors (Lipinski definition) is 4. The molecule has 0 spiro atoms. The summed E-state index contributed by atoms with van der Waals surface area (Å²) >= 11 is 0. The number of carbonyl (C=O) groups excluding carboxylic acids is 1. The molecule has 3 aromatic rings. The molecule has 2 saturated heterocycles. The third-order valence-corrected chi connectivity index (χ3v) is 6.14. The Morgan fingerprint density at radius 1 is 1.00 bits per heavy atom. The molecule has 0 aliphatic carbocycles. The summed E-state index contributed by atoms with van der Waals surface area (Å²) in [5, 5.41) is 4.79. The molecule has 2 aromatic heterocycles. The molecular formula is C23H27N5O. The molecular weight excluding hydrogens is 362 g/mol. The zero-order valence-corrected chi connectivity index (χ0v) is 16.7. The normalized spacial score (nSPS) is 19.8. The van der Waals surface area contributed by atoms with Gasteiger partial charge in [0.2, 0.25) is 5.91 Å². The van der Waals surface area contributed by atoms with Gasteiger partial charge >= 0.3 is 0 Å². The van der Waals surface area contributed by atoms with Crippen LogP contribution in [-0.2, 0) is 11.2 Å². The van der Waals surface area contributed by atoms with E-state index < -0.39 is 0 Å². The molecule has 0 saturated carbocycles. The molecule has 4 heterocycles. The highest BCUT2D eigenvalue weighted by atomic mass is 16.2. The highest BCUT2D eigenvalue weighted by molar-refractivity contribution is 5.79. The number of hydrogen-bond donors (Lipinski definition) is 0. The first-order valence-corrected chi connectivity index (χ1v) is 10.7. The minimum atomic E-state index is 0.195. The first kappa shape index (κ1) is 18.2. The van der Waals surface area contributed by atoms with Gasteiger partial charge in [0.25, 0.3) is 0 Å². The van der Waals surface area contributed by atoms with Crippen molar-refractivity contribution in [2.24, 2.45) is 0 Å². The smallest absolute Gasteiger partial charge is 0.227 e. The van der Waals surface area contributed by atoms with Crippen molar-refractivity contribution >= 4 is 17.2 Å². The molecule has 5 rings (SSSR count). The van der Waals surface area contributed by atoms with Crippen molar-refractivity contribution in [2.75, 3.05) is 31.1 Å². The van der Waals surface area contributed by atoms with Crippen LogP contribution in [0.25, 0.3) is 5.65 Å². The van der Waals surface area contributed by atoms with Crippen molar-refractivity contribution < 1.29 is 4.79 Å². The van der Waals surface area contributed by atoms with E-state index in [1.165, 1.54) is 18.5 Å². The van der Waals surface area contributed by atoms with Gasteiger partial charge in [0.05, 0.1) is 18.3 Å². The van der Waals surface area contributed by atoms with E-state index in [9.17, 15) is 4.79 Å². The largest absolute Gasteiger partial charge is 0.370 e. The second-order valence-electron chi connectivity index (χ2n) is 8.20. The summed E-state index contributed by atoms with van der Waals surface area (Å²) in [6.45, 7) is 3.78. The van der Waals surface area contributed by atoms with Crippen LogP contribution in [0.1, 0.15) is 43.0 Å². The van der Waals surface area contributed by atoms with E-state index in [2.05, 4.69) is 23.2 Å². The van der Waals surface area contributed by atoms with Crippen LogP contribution in [0.2, 0.25) is 0 Å². The molecule has 1 atom stereocenters. The number of fused-ring (bicyclic) bond motifs is 1. The van der Waals surface area contributed by atoms with E-state index in [0.717, 1.165) is 49.5 Å². The standard InChI is InChI=1S/C23H27N5O/c29-22(15-18-7-2-1-3-8-18)27-14-6-9-19(16-27)23-24-21-11-10-20(17-28(21)25-23)26-12-4-5-13-26/h1-3,7-8,10-11,17,19H,4-6,9,12-16H2/t19-/m0/s1. The number of amides is 1. The third-order valence-electron chi connectivity index (χ3n) is 6.14. The van der Waals surface area contributed by atoms with Crippen molar-refractivity contribution in [2.45, 2.75) is 38.0 Å². The Morgan fingerprint density at radius 3 is 2.66 bits per heavy atom. The van der Waals surface area contributed by atoms with Gasteiger partial charge in [-0.25, -0.2) is 9.50 Å². The van der Waals surface area contributed by atoms with Gasteiger partial charge in [-0.1, -0.05) is 30.3 Å². The SMILES string of the molecule is O=C(Cc1ccccc1)N1CCC[C@H](c2nc3ccc(N4CCCC4)cn3n2)C1. The lowest BCUT2D eigenvalue weighted by Gasteiger charge is -2.31. The van der Waals surface area contributed by atoms with E-state index in [4.69, 9.17) is 10.1 Å². The van der Waals surface area contributed by atoms with Crippen molar-refractivity contribution in [1.29, 1.82) is 0 Å². The minimum absolute atomic E-state index is 0.195. The topological polar surface area (TPSA) is 53.7 Å². The van der Waals surface area contributed by atoms with E-state index in [1.807, 2.05) is 39.7 Å². The molecule has 0 unspecified atom stereocenters. The first-order chi connectivity index (χ1) is 14.3. The molecule has 2 aliphatic rings. The van der Waals surface area contributed by atoms with Crippen molar-refractivity contribution in [3.63, 3.8) is 0 Å². The monoisotopic (exact) mass is 389 g/mol. The average molecular weight is 390 g/mol. The number of likely N-dealkylation sites (tertiary alicyclic amines) is 1. The Morgan fingerprint density at radius 2 is 1.83 bits per heavy atom. The number of pyridine rings is 1. The van der Waals surface area contributed by atoms with E-state index in [1.54, 1.807) is 0 Å². The molecule has 0 radical (unpaired) electrons. The molecule has 29 heavy (non-hydrogen) atoms. The Bertz CT molecular complexity index is 993. The summed E-state index contributed by atoms with van der Waals surface area (Å²) in [6, 6.07) is 14.2. The maximum absolute atomic E-state index is 12.8. The zero-order valence-electron chi connectivity index (χ0n) is 16.7. The third kappa shape index (κ3) is 3.84. The second kappa shape index (κ2) is 7.85. The Balaban J connectivity index is 1.31. The predicted molar refractivity (Wildman–Crippen MR) is 113 cm³/mol. The van der Waals surface area contributed by atoms with E-state index in [0.29, 0.717) is 13.0 Å². The molecule has 2 fully saturated rings. The van der Waals surface area contributed by atoms with Crippen LogP contribution >= 0.6 is 0 Å². The minimum Gasteiger partial charge on any atom is -0.370 e. The average Bonchev–Trinajstić information content (AvgIpc) is 3.44. The lowest BCUT2D eigenvalue weighted by Crippen LogP contribution is -2.40. The van der Waals surface area contributed by atoms with Crippen LogP contribution in [-0.4, -0.2) is 51.6 Å². The summed E-state index contributed by atoms with van der Waals surface area (Å²) in [4.78, 5) is 22.0. The number of aromatic nitrogens is 3. The van der Waals surface area contributed by atoms with Crippen LogP contribution < -0.4 is 4.90 Å². The van der Waals surface area contributed by atoms with Gasteiger partial charge < -0.3 is 9.80 Å². The number of nitrogens with zero attached hydrogens (tertiary/aromatic N) is 5. The zero-order chi connectivity index (χ0) is 19.6. The molecule has 0 N–H and O–H groups in total. The molecule has 150 valence electrons. The molecule has 2 aliphatic heterocycles. The summed E-state index contributed by atoms with van der Waals surface area (Å²) in [5.74, 6) is 1.26. The van der Waals surface area contributed by atoms with Crippen LogP contribution in [0.3, 0.4) is 0 Å². The quantitative estimate of drug-likeness (QED) is 0.687. The molecule has 6 nitrogen and oxygen atoms in total. The maximum atomic E-state index is 12.8. The second-order valence-corrected chi connectivity index (χ2v) is 8.20. The highest BCUT2D eigenvalue weighted by Crippen LogP contribution is 2.27. The Kier molecular flexibility index (Phi) is 4.92. The van der Waals surface area contributed by atoms with Crippen molar-refractivity contribution in [1.82, 2.24) is 19.5 Å². The van der Waals surface area contributed by atoms with Gasteiger partial charge in [-0.15, -0.1) is 0 Å². The summed E-state index contributed by atoms with van der Waals surface area (Å²) in [6.07, 6.45) is 7.11. The van der Waals surface area contributed by atoms with Crippen LogP contribution in [0, 0.1) is 0 Å². The van der Waals surface area contributed by atoms with Gasteiger partial charge in [-0.2, -0.15) is 5.10 Å². The van der Waals surface area contributed by atoms with E-state index >= 15 is 0 Å². The molecule has 1 aromatic carbocycles. The summed E-state index contributed by atoms with van der Waals surface area (Å²) in [5.41, 5.74) is 3.17. The maximum Gasteiger partial charge on any atom is 0.227 e. The van der Waals surface area contributed by atoms with Gasteiger partial charge in [0.15, 0.2) is 11.5 Å².